The third-order valence-corrected chi connectivity index (χ3v) is 7.82. The molecule has 0 bridgehead atoms. The van der Waals surface area contributed by atoms with Crippen LogP contribution >= 0.6 is 67.8 Å². The van der Waals surface area contributed by atoms with Crippen LogP contribution < -0.4 is 10.2 Å². The number of imide groups is 1. The first-order valence-corrected chi connectivity index (χ1v) is 13.3. The van der Waals surface area contributed by atoms with Crippen molar-refractivity contribution in [3.05, 3.63) is 21.8 Å². The number of aliphatic hydroxyl groups excluding tert-OH is 6. The molecule has 0 radical (unpaired) electrons. The number of carbonyl (C=O) groups excluding carboxylic acids is 4. The highest BCUT2D eigenvalue weighted by Gasteiger charge is 2.35. The molecule has 0 saturated carbocycles. The topological polar surface area (TPSA) is 205 Å². The molecule has 0 saturated heterocycles. The summed E-state index contributed by atoms with van der Waals surface area (Å²) in [4.78, 5) is 51.9. The highest BCUT2D eigenvalue weighted by atomic mass is 127. The lowest BCUT2D eigenvalue weighted by atomic mass is 10.00. The van der Waals surface area contributed by atoms with E-state index in [1.54, 1.807) is 67.8 Å². The molecule has 1 aromatic carbocycles. The van der Waals surface area contributed by atoms with E-state index in [0.717, 1.165) is 6.92 Å². The van der Waals surface area contributed by atoms with Gasteiger partial charge in [0.15, 0.2) is 11.9 Å². The van der Waals surface area contributed by atoms with Gasteiger partial charge in [0.1, 0.15) is 0 Å². The smallest absolute Gasteiger partial charge is 0.265 e. The lowest BCUT2D eigenvalue weighted by Gasteiger charge is -2.27. The normalized spacial score (nSPS) is 13.7. The van der Waals surface area contributed by atoms with Crippen LogP contribution in [0.5, 0.6) is 0 Å². The number of hydrogen-bond acceptors (Lipinski definition) is 10. The molecule has 0 fully saturated rings. The number of halogens is 3. The number of ketones is 1. The first-order chi connectivity index (χ1) is 16.3. The zero-order valence-electron chi connectivity index (χ0n) is 18.4. The monoisotopic (exact) mass is 834 g/mol. The average Bonchev–Trinajstić information content (AvgIpc) is 2.81. The Morgan fingerprint density at radius 2 is 1.40 bits per heavy atom. The van der Waals surface area contributed by atoms with Crippen molar-refractivity contribution in [2.75, 3.05) is 31.3 Å². The molecule has 0 spiro atoms. The molecule has 7 N–H and O–H groups in total. The van der Waals surface area contributed by atoms with Gasteiger partial charge in [-0.1, -0.05) is 0 Å². The fourth-order valence-electron chi connectivity index (χ4n) is 2.82. The standard InChI is InChI=1S/C20H25I3N2O10/c1-8(29)25(20(35)12(33)7-28)18-16(22)13(11(32)3-2-9(30)5-26)15(21)14(17(18)23)19(34)24-4-10(31)6-27/h9-10,12,26-28,30-31,33H,2-7H2,1H3,(H,24,34). The molecule has 0 aliphatic carbocycles. The van der Waals surface area contributed by atoms with Gasteiger partial charge in [0.2, 0.25) is 5.91 Å². The Hall–Kier alpha value is -0.550. The molecule has 12 nitrogen and oxygen atoms in total. The zero-order valence-corrected chi connectivity index (χ0v) is 24.8. The van der Waals surface area contributed by atoms with E-state index < -0.39 is 61.6 Å². The summed E-state index contributed by atoms with van der Waals surface area (Å²) < 4.78 is 0.354. The van der Waals surface area contributed by atoms with Crippen molar-refractivity contribution >= 4 is 97.0 Å². The van der Waals surface area contributed by atoms with Gasteiger partial charge in [-0.05, 0) is 74.2 Å². The number of Topliss-reactive ketones (excluding diaryl/α,β-unsaturated/α-hetero) is 1. The number of anilines is 1. The maximum atomic E-state index is 13.1. The minimum atomic E-state index is -1.94. The molecule has 1 aromatic rings. The van der Waals surface area contributed by atoms with Crippen LogP contribution in [0, 0.1) is 10.7 Å². The van der Waals surface area contributed by atoms with Crippen molar-refractivity contribution in [1.29, 1.82) is 0 Å². The van der Waals surface area contributed by atoms with E-state index in [9.17, 15) is 39.6 Å². The van der Waals surface area contributed by atoms with Crippen molar-refractivity contribution in [3.8, 4) is 0 Å². The van der Waals surface area contributed by atoms with Crippen LogP contribution in [0.15, 0.2) is 0 Å². The van der Waals surface area contributed by atoms with Crippen LogP contribution in [-0.2, 0) is 9.59 Å². The number of carbonyl (C=O) groups is 4. The Bertz CT molecular complexity index is 922. The Balaban J connectivity index is 3.84. The van der Waals surface area contributed by atoms with E-state index in [1.165, 1.54) is 0 Å². The van der Waals surface area contributed by atoms with Gasteiger partial charge in [-0.3, -0.25) is 19.2 Å². The number of benzene rings is 1. The summed E-state index contributed by atoms with van der Waals surface area (Å²) in [6, 6.07) is 0. The zero-order chi connectivity index (χ0) is 27.0. The lowest BCUT2D eigenvalue weighted by Crippen LogP contribution is -2.45. The number of nitrogens with one attached hydrogen (secondary N) is 1. The molecule has 3 amide bonds. The van der Waals surface area contributed by atoms with E-state index in [4.69, 9.17) is 10.2 Å². The van der Waals surface area contributed by atoms with Crippen molar-refractivity contribution in [2.24, 2.45) is 0 Å². The summed E-state index contributed by atoms with van der Waals surface area (Å²) in [6.07, 6.45) is -4.68. The summed E-state index contributed by atoms with van der Waals surface area (Å²) in [5.41, 5.74) is -0.289. The number of nitrogens with zero attached hydrogens (tertiary/aromatic N) is 1. The van der Waals surface area contributed by atoms with Gasteiger partial charge >= 0.3 is 0 Å². The van der Waals surface area contributed by atoms with E-state index in [-0.39, 0.29) is 46.9 Å². The van der Waals surface area contributed by atoms with E-state index in [2.05, 4.69) is 5.32 Å². The average molecular weight is 834 g/mol. The summed E-state index contributed by atoms with van der Waals surface area (Å²) in [7, 11) is 0. The molecule has 1 rings (SSSR count). The van der Waals surface area contributed by atoms with Gasteiger partial charge in [-0.2, -0.15) is 0 Å². The molecule has 3 unspecified atom stereocenters. The SMILES string of the molecule is CC(=O)N(C(=O)C(O)CO)c1c(I)c(C(=O)CCC(O)CO)c(I)c(C(=O)NCC(O)CO)c1I. The summed E-state index contributed by atoms with van der Waals surface area (Å²) in [5, 5.41) is 58.8. The number of aliphatic hydroxyl groups is 6. The largest absolute Gasteiger partial charge is 0.394 e. The highest BCUT2D eigenvalue weighted by Crippen LogP contribution is 2.39. The number of rotatable bonds is 12. The van der Waals surface area contributed by atoms with E-state index >= 15 is 0 Å². The minimum absolute atomic E-state index is 0.0304. The summed E-state index contributed by atoms with van der Waals surface area (Å²) >= 11 is 5.20. The Morgan fingerprint density at radius 1 is 0.857 bits per heavy atom. The third-order valence-electron chi connectivity index (χ3n) is 4.64. The van der Waals surface area contributed by atoms with Crippen LogP contribution in [0.1, 0.15) is 40.5 Å². The van der Waals surface area contributed by atoms with E-state index in [1.807, 2.05) is 0 Å². The summed E-state index contributed by atoms with van der Waals surface area (Å²) in [5.74, 6) is -3.34. The van der Waals surface area contributed by atoms with Crippen molar-refractivity contribution in [1.82, 2.24) is 5.32 Å². The third kappa shape index (κ3) is 8.22. The first kappa shape index (κ1) is 32.5. The minimum Gasteiger partial charge on any atom is -0.394 e. The second-order valence-corrected chi connectivity index (χ2v) is 10.5. The number of hydrogen-bond donors (Lipinski definition) is 7. The lowest BCUT2D eigenvalue weighted by molar-refractivity contribution is -0.132. The first-order valence-electron chi connectivity index (χ1n) is 10.1. The van der Waals surface area contributed by atoms with Gasteiger partial charge in [0.05, 0.1) is 50.4 Å². The second kappa shape index (κ2) is 15.0. The van der Waals surface area contributed by atoms with E-state index in [0.29, 0.717) is 4.90 Å². The van der Waals surface area contributed by atoms with Gasteiger partial charge < -0.3 is 36.0 Å². The van der Waals surface area contributed by atoms with Crippen molar-refractivity contribution in [3.63, 3.8) is 0 Å². The molecule has 3 atom stereocenters. The molecule has 0 aliphatic heterocycles. The van der Waals surface area contributed by atoms with Crippen LogP contribution in [-0.4, -0.2) is 98.8 Å². The molecule has 0 aromatic heterocycles. The quantitative estimate of drug-likeness (QED) is 0.103. The second-order valence-electron chi connectivity index (χ2n) is 7.28. The van der Waals surface area contributed by atoms with Gasteiger partial charge in [0, 0.05) is 29.0 Å². The fraction of sp³-hybridized carbons (Fsp3) is 0.500. The number of amides is 3. The highest BCUT2D eigenvalue weighted by molar-refractivity contribution is 14.1. The maximum Gasteiger partial charge on any atom is 0.265 e. The van der Waals surface area contributed by atoms with Crippen LogP contribution in [0.4, 0.5) is 5.69 Å². The van der Waals surface area contributed by atoms with Gasteiger partial charge in [-0.15, -0.1) is 0 Å². The van der Waals surface area contributed by atoms with Gasteiger partial charge in [0.25, 0.3) is 11.8 Å². The molecule has 35 heavy (non-hydrogen) atoms. The van der Waals surface area contributed by atoms with Crippen LogP contribution in [0.3, 0.4) is 0 Å². The van der Waals surface area contributed by atoms with Crippen molar-refractivity contribution in [2.45, 2.75) is 38.1 Å². The molecule has 196 valence electrons. The molecular weight excluding hydrogens is 809 g/mol. The summed E-state index contributed by atoms with van der Waals surface area (Å²) in [6.45, 7) is -1.45. The molecule has 0 heterocycles. The van der Waals surface area contributed by atoms with Crippen molar-refractivity contribution < 1.29 is 49.8 Å². The van der Waals surface area contributed by atoms with Gasteiger partial charge in [-0.25, -0.2) is 4.90 Å². The molecular formula is C20H25I3N2O10. The van der Waals surface area contributed by atoms with Crippen LogP contribution in [0.25, 0.3) is 0 Å². The molecule has 15 heteroatoms. The fourth-order valence-corrected chi connectivity index (χ4v) is 7.56. The predicted octanol–water partition coefficient (Wildman–Crippen LogP) is -0.868. The Morgan fingerprint density at radius 3 is 1.89 bits per heavy atom. The predicted molar refractivity (Wildman–Crippen MR) is 148 cm³/mol. The Kier molecular flexibility index (Phi) is 13.9. The van der Waals surface area contributed by atoms with Crippen LogP contribution in [0.2, 0.25) is 0 Å². The molecule has 0 aliphatic rings. The maximum absolute atomic E-state index is 13.1. The Labute approximate surface area is 241 Å².